The summed E-state index contributed by atoms with van der Waals surface area (Å²) in [4.78, 5) is 12.0. The van der Waals surface area contributed by atoms with Gasteiger partial charge in [0.1, 0.15) is 0 Å². The normalized spacial score (nSPS) is 10.8. The molecule has 3 N–H and O–H groups in total. The van der Waals surface area contributed by atoms with Gasteiger partial charge in [0.25, 0.3) is 0 Å². The molecule has 0 atom stereocenters. The van der Waals surface area contributed by atoms with Gasteiger partial charge in [0.2, 0.25) is 0 Å². The molecule has 2 aromatic rings. The second-order valence-corrected chi connectivity index (χ2v) is 5.25. The highest BCUT2D eigenvalue weighted by atomic mass is 32.1. The van der Waals surface area contributed by atoms with Crippen LogP contribution in [0.15, 0.2) is 59.7 Å². The molecule has 0 spiro atoms. The van der Waals surface area contributed by atoms with Crippen molar-refractivity contribution in [3.8, 4) is 11.5 Å². The van der Waals surface area contributed by atoms with Gasteiger partial charge in [-0.2, -0.15) is 5.10 Å². The summed E-state index contributed by atoms with van der Waals surface area (Å²) in [6.07, 6.45) is 4.55. The SMILES string of the molecule is COc1cc(/C=N/NC(N)=S)ccc1OC(=O)/C=C/c1ccccc1. The molecule has 2 aromatic carbocycles. The van der Waals surface area contributed by atoms with Crippen molar-refractivity contribution < 1.29 is 14.3 Å². The molecule has 0 fully saturated rings. The van der Waals surface area contributed by atoms with E-state index in [1.807, 2.05) is 30.3 Å². The number of methoxy groups -OCH3 is 1. The van der Waals surface area contributed by atoms with Crippen molar-refractivity contribution in [3.63, 3.8) is 0 Å². The molecule has 6 nitrogen and oxygen atoms in total. The molecule has 0 heterocycles. The number of carbonyl (C=O) groups is 1. The maximum Gasteiger partial charge on any atom is 0.336 e. The van der Waals surface area contributed by atoms with Crippen LogP contribution in [0, 0.1) is 0 Å². The fraction of sp³-hybridized carbons (Fsp3) is 0.0556. The van der Waals surface area contributed by atoms with Crippen molar-refractivity contribution in [1.29, 1.82) is 0 Å². The van der Waals surface area contributed by atoms with Crippen LogP contribution >= 0.6 is 12.2 Å². The summed E-state index contributed by atoms with van der Waals surface area (Å²) in [5.74, 6) is 0.212. The average Bonchev–Trinajstić information content (AvgIpc) is 2.61. The van der Waals surface area contributed by atoms with E-state index in [1.54, 1.807) is 24.3 Å². The van der Waals surface area contributed by atoms with E-state index in [2.05, 4.69) is 22.7 Å². The van der Waals surface area contributed by atoms with Crippen molar-refractivity contribution >= 4 is 35.6 Å². The number of hydrazone groups is 1. The van der Waals surface area contributed by atoms with Crippen LogP contribution in [0.1, 0.15) is 11.1 Å². The number of rotatable bonds is 6. The van der Waals surface area contributed by atoms with Gasteiger partial charge in [0.15, 0.2) is 16.6 Å². The lowest BCUT2D eigenvalue weighted by Crippen LogP contribution is -2.23. The third kappa shape index (κ3) is 6.08. The fourth-order valence-electron chi connectivity index (χ4n) is 1.89. The van der Waals surface area contributed by atoms with Gasteiger partial charge in [-0.25, -0.2) is 4.79 Å². The number of ether oxygens (including phenoxy) is 2. The Kier molecular flexibility index (Phi) is 6.67. The Balaban J connectivity index is 2.06. The number of nitrogens with two attached hydrogens (primary N) is 1. The lowest BCUT2D eigenvalue weighted by Gasteiger charge is -2.08. The van der Waals surface area contributed by atoms with E-state index >= 15 is 0 Å². The van der Waals surface area contributed by atoms with E-state index in [9.17, 15) is 4.79 Å². The van der Waals surface area contributed by atoms with Crippen molar-refractivity contribution in [2.45, 2.75) is 0 Å². The average molecular weight is 355 g/mol. The van der Waals surface area contributed by atoms with Gasteiger partial charge in [-0.1, -0.05) is 30.3 Å². The summed E-state index contributed by atoms with van der Waals surface area (Å²) in [6, 6.07) is 14.5. The number of nitrogens with one attached hydrogen (secondary N) is 1. The quantitative estimate of drug-likeness (QED) is 0.207. The van der Waals surface area contributed by atoms with Crippen LogP contribution in [-0.4, -0.2) is 24.4 Å². The second-order valence-electron chi connectivity index (χ2n) is 4.81. The Morgan fingerprint density at radius 1 is 1.16 bits per heavy atom. The van der Waals surface area contributed by atoms with E-state index < -0.39 is 5.97 Å². The monoisotopic (exact) mass is 355 g/mol. The molecule has 7 heteroatoms. The molecule has 0 aliphatic rings. The van der Waals surface area contributed by atoms with Crippen LogP contribution in [0.4, 0.5) is 0 Å². The minimum absolute atomic E-state index is 0.0685. The highest BCUT2D eigenvalue weighted by Crippen LogP contribution is 2.27. The van der Waals surface area contributed by atoms with Crippen LogP contribution in [0.2, 0.25) is 0 Å². The van der Waals surface area contributed by atoms with Gasteiger partial charge in [0, 0.05) is 6.08 Å². The molecule has 0 amide bonds. The number of hydrogen-bond donors (Lipinski definition) is 2. The standard InChI is InChI=1S/C18H17N3O3S/c1-23-16-11-14(12-20-21-18(19)25)7-9-15(16)24-17(22)10-8-13-5-3-2-4-6-13/h2-12H,1H3,(H3,19,21,25)/b10-8+,20-12+. The molecule has 0 saturated carbocycles. The van der Waals surface area contributed by atoms with Crippen LogP contribution in [0.25, 0.3) is 6.08 Å². The van der Waals surface area contributed by atoms with Crippen LogP contribution in [-0.2, 0) is 4.79 Å². The molecule has 0 aromatic heterocycles. The van der Waals surface area contributed by atoms with E-state index in [1.165, 1.54) is 19.4 Å². The minimum atomic E-state index is -0.501. The molecule has 0 aliphatic heterocycles. The maximum atomic E-state index is 12.0. The van der Waals surface area contributed by atoms with Gasteiger partial charge >= 0.3 is 5.97 Å². The minimum Gasteiger partial charge on any atom is -0.493 e. The van der Waals surface area contributed by atoms with Crippen molar-refractivity contribution in [2.24, 2.45) is 10.8 Å². The zero-order valence-corrected chi connectivity index (χ0v) is 14.3. The topological polar surface area (TPSA) is 85.9 Å². The second kappa shape index (κ2) is 9.19. The van der Waals surface area contributed by atoms with E-state index in [0.29, 0.717) is 11.5 Å². The van der Waals surface area contributed by atoms with Gasteiger partial charge in [-0.05, 0) is 47.6 Å². The largest absolute Gasteiger partial charge is 0.493 e. The third-order valence-electron chi connectivity index (χ3n) is 3.00. The lowest BCUT2D eigenvalue weighted by atomic mass is 10.2. The first-order valence-corrected chi connectivity index (χ1v) is 7.71. The van der Waals surface area contributed by atoms with Gasteiger partial charge < -0.3 is 15.2 Å². The predicted octanol–water partition coefficient (Wildman–Crippen LogP) is 2.48. The Bertz CT molecular complexity index is 804. The fourth-order valence-corrected chi connectivity index (χ4v) is 1.94. The molecular weight excluding hydrogens is 338 g/mol. The molecule has 0 unspecified atom stereocenters. The molecule has 0 bridgehead atoms. The molecule has 2 rings (SSSR count). The Labute approximate surface area is 150 Å². The van der Waals surface area contributed by atoms with Gasteiger partial charge in [-0.15, -0.1) is 0 Å². The van der Waals surface area contributed by atoms with Gasteiger partial charge in [0.05, 0.1) is 13.3 Å². The number of hydrogen-bond acceptors (Lipinski definition) is 5. The number of benzene rings is 2. The van der Waals surface area contributed by atoms with Crippen LogP contribution in [0.3, 0.4) is 0 Å². The molecule has 128 valence electrons. The summed E-state index contributed by atoms with van der Waals surface area (Å²) < 4.78 is 10.5. The van der Waals surface area contributed by atoms with Crippen molar-refractivity contribution in [2.75, 3.05) is 7.11 Å². The number of esters is 1. The molecule has 0 aliphatic carbocycles. The van der Waals surface area contributed by atoms with Gasteiger partial charge in [-0.3, -0.25) is 5.43 Å². The lowest BCUT2D eigenvalue weighted by molar-refractivity contribution is -0.129. The number of thiocarbonyl (C=S) groups is 1. The van der Waals surface area contributed by atoms with E-state index in [-0.39, 0.29) is 5.11 Å². The summed E-state index contributed by atoms with van der Waals surface area (Å²) in [5, 5.41) is 3.92. The summed E-state index contributed by atoms with van der Waals surface area (Å²) in [7, 11) is 1.49. The van der Waals surface area contributed by atoms with Crippen LogP contribution in [0.5, 0.6) is 11.5 Å². The third-order valence-corrected chi connectivity index (χ3v) is 3.09. The summed E-state index contributed by atoms with van der Waals surface area (Å²) in [5.41, 5.74) is 9.36. The summed E-state index contributed by atoms with van der Waals surface area (Å²) >= 11 is 4.65. The first kappa shape index (κ1) is 18.2. The van der Waals surface area contributed by atoms with E-state index in [4.69, 9.17) is 15.2 Å². The molecule has 0 saturated heterocycles. The van der Waals surface area contributed by atoms with Crippen molar-refractivity contribution in [1.82, 2.24) is 5.43 Å². The Morgan fingerprint density at radius 3 is 2.60 bits per heavy atom. The highest BCUT2D eigenvalue weighted by Gasteiger charge is 2.08. The zero-order valence-electron chi connectivity index (χ0n) is 13.5. The number of carbonyl (C=O) groups excluding carboxylic acids is 1. The molecule has 0 radical (unpaired) electrons. The molecule has 25 heavy (non-hydrogen) atoms. The Hall–Kier alpha value is -3.19. The van der Waals surface area contributed by atoms with Crippen LogP contribution < -0.4 is 20.6 Å². The zero-order chi connectivity index (χ0) is 18.1. The first-order chi connectivity index (χ1) is 12.1. The Morgan fingerprint density at radius 2 is 1.92 bits per heavy atom. The number of nitrogens with zero attached hydrogens (tertiary/aromatic N) is 1. The maximum absolute atomic E-state index is 12.0. The van der Waals surface area contributed by atoms with E-state index in [0.717, 1.165) is 11.1 Å². The molecular formula is C18H17N3O3S. The predicted molar refractivity (Wildman–Crippen MR) is 102 cm³/mol. The highest BCUT2D eigenvalue weighted by molar-refractivity contribution is 7.80. The summed E-state index contributed by atoms with van der Waals surface area (Å²) in [6.45, 7) is 0. The first-order valence-electron chi connectivity index (χ1n) is 7.30. The smallest absolute Gasteiger partial charge is 0.336 e. The van der Waals surface area contributed by atoms with Crippen molar-refractivity contribution in [3.05, 3.63) is 65.7 Å².